The second-order valence-electron chi connectivity index (χ2n) is 5.96. The normalized spacial score (nSPS) is 11.8. The molecule has 0 atom stereocenters. The monoisotopic (exact) mass is 455 g/mol. The van der Waals surface area contributed by atoms with Crippen LogP contribution >= 0.6 is 11.6 Å². The molecule has 0 aromatic heterocycles. The number of nitrogens with one attached hydrogen (secondary N) is 1. The fourth-order valence-electron chi connectivity index (χ4n) is 2.36. The van der Waals surface area contributed by atoms with E-state index in [-0.39, 0.29) is 22.5 Å². The van der Waals surface area contributed by atoms with Crippen LogP contribution in [0.1, 0.15) is 16.7 Å². The summed E-state index contributed by atoms with van der Waals surface area (Å²) in [6, 6.07) is 4.59. The second kappa shape index (κ2) is 8.82. The highest BCUT2D eigenvalue weighted by atomic mass is 35.5. The minimum Gasteiger partial charge on any atom is -0.480 e. The first-order valence-corrected chi connectivity index (χ1v) is 8.36. The fraction of sp³-hybridized carbons (Fsp3) is 0.222. The van der Waals surface area contributed by atoms with Crippen molar-refractivity contribution in [3.63, 3.8) is 0 Å². The molecule has 0 fully saturated rings. The Balaban J connectivity index is 2.27. The Morgan fingerprint density at radius 2 is 1.53 bits per heavy atom. The maximum Gasteiger partial charge on any atom is 0.416 e. The van der Waals surface area contributed by atoms with Crippen LogP contribution in [0, 0.1) is 0 Å². The number of carbonyl (C=O) groups excluding carboxylic acids is 1. The molecule has 0 bridgehead atoms. The fourth-order valence-corrected chi connectivity index (χ4v) is 2.52. The summed E-state index contributed by atoms with van der Waals surface area (Å²) in [6.07, 6.45) is -10.9. The molecule has 0 aliphatic rings. The number of carboxylic acid groups (broad SMARTS) is 1. The first-order chi connectivity index (χ1) is 13.8. The Hall–Kier alpha value is -2.95. The summed E-state index contributed by atoms with van der Waals surface area (Å²) in [4.78, 5) is 22.8. The van der Waals surface area contributed by atoms with Gasteiger partial charge in [-0.3, -0.25) is 4.79 Å². The van der Waals surface area contributed by atoms with Crippen molar-refractivity contribution in [2.24, 2.45) is 0 Å². The van der Waals surface area contributed by atoms with E-state index in [1.54, 1.807) is 0 Å². The number of carbonyl (C=O) groups is 2. The van der Waals surface area contributed by atoms with Crippen molar-refractivity contribution < 1.29 is 45.8 Å². The van der Waals surface area contributed by atoms with Gasteiger partial charge in [-0.1, -0.05) is 11.6 Å². The number of hydrogen-bond donors (Lipinski definition) is 2. The Morgan fingerprint density at radius 1 is 0.967 bits per heavy atom. The van der Waals surface area contributed by atoms with Gasteiger partial charge in [0.1, 0.15) is 5.75 Å². The van der Waals surface area contributed by atoms with Crippen LogP contribution < -0.4 is 10.1 Å². The van der Waals surface area contributed by atoms with Crippen molar-refractivity contribution in [3.05, 3.63) is 58.1 Å². The maximum absolute atomic E-state index is 12.9. The van der Waals surface area contributed by atoms with E-state index in [2.05, 4.69) is 5.32 Å². The van der Waals surface area contributed by atoms with Crippen molar-refractivity contribution >= 4 is 29.2 Å². The predicted molar refractivity (Wildman–Crippen MR) is 93.4 cm³/mol. The summed E-state index contributed by atoms with van der Waals surface area (Å²) in [7, 11) is 0. The lowest BCUT2D eigenvalue weighted by atomic mass is 10.0. The molecule has 12 heteroatoms. The lowest BCUT2D eigenvalue weighted by molar-refractivity contribution is -0.143. The van der Waals surface area contributed by atoms with Crippen LogP contribution in [-0.4, -0.2) is 23.6 Å². The largest absolute Gasteiger partial charge is 0.480 e. The Labute approximate surface area is 170 Å². The van der Waals surface area contributed by atoms with E-state index in [0.717, 1.165) is 0 Å². The van der Waals surface area contributed by atoms with Gasteiger partial charge in [0, 0.05) is 11.1 Å². The average Bonchev–Trinajstić information content (AvgIpc) is 2.60. The Morgan fingerprint density at radius 3 is 2.03 bits per heavy atom. The van der Waals surface area contributed by atoms with Gasteiger partial charge in [-0.15, -0.1) is 0 Å². The third kappa shape index (κ3) is 6.55. The molecule has 0 saturated heterocycles. The number of benzene rings is 2. The molecule has 1 amide bonds. The number of ether oxygens (including phenoxy) is 1. The van der Waals surface area contributed by atoms with Crippen LogP contribution in [0.15, 0.2) is 36.4 Å². The number of anilines is 1. The highest BCUT2D eigenvalue weighted by Gasteiger charge is 2.37. The molecule has 30 heavy (non-hydrogen) atoms. The van der Waals surface area contributed by atoms with E-state index in [4.69, 9.17) is 21.4 Å². The third-order valence-corrected chi connectivity index (χ3v) is 3.82. The molecule has 0 saturated carbocycles. The van der Waals surface area contributed by atoms with Crippen molar-refractivity contribution in [2.45, 2.75) is 18.8 Å². The molecular formula is C18H12ClF6NO4. The molecule has 2 N–H and O–H groups in total. The molecule has 2 aromatic rings. The van der Waals surface area contributed by atoms with E-state index in [0.29, 0.717) is 12.1 Å². The molecule has 0 spiro atoms. The van der Waals surface area contributed by atoms with Gasteiger partial charge in [-0.05, 0) is 35.9 Å². The molecule has 2 rings (SSSR count). The van der Waals surface area contributed by atoms with Gasteiger partial charge in [-0.2, -0.15) is 26.3 Å². The summed E-state index contributed by atoms with van der Waals surface area (Å²) in [5.74, 6) is -2.42. The zero-order chi connectivity index (χ0) is 22.7. The number of alkyl halides is 6. The number of hydrogen-bond acceptors (Lipinski definition) is 3. The molecule has 0 aliphatic carbocycles. The molecule has 0 heterocycles. The number of halogens is 7. The van der Waals surface area contributed by atoms with E-state index in [1.165, 1.54) is 18.2 Å². The molecule has 5 nitrogen and oxygen atoms in total. The van der Waals surface area contributed by atoms with Crippen molar-refractivity contribution in [1.82, 2.24) is 0 Å². The summed E-state index contributed by atoms with van der Waals surface area (Å²) in [5.41, 5.74) is -3.67. The summed E-state index contributed by atoms with van der Waals surface area (Å²) in [6.45, 7) is -0.772. The molecule has 162 valence electrons. The molecule has 0 unspecified atom stereocenters. The van der Waals surface area contributed by atoms with Gasteiger partial charge in [0.25, 0.3) is 0 Å². The zero-order valence-corrected chi connectivity index (χ0v) is 15.5. The topological polar surface area (TPSA) is 75.6 Å². The Kier molecular flexibility index (Phi) is 6.86. The number of amides is 1. The molecule has 0 radical (unpaired) electrons. The van der Waals surface area contributed by atoms with Crippen LogP contribution in [-0.2, 0) is 28.4 Å². The van der Waals surface area contributed by atoms with Gasteiger partial charge in [0.2, 0.25) is 5.91 Å². The van der Waals surface area contributed by atoms with E-state index in [9.17, 15) is 35.9 Å². The smallest absolute Gasteiger partial charge is 0.416 e. The third-order valence-electron chi connectivity index (χ3n) is 3.58. The SMILES string of the molecule is O=C(O)COc1cc(Cl)ccc1NC(=O)Cc1cc(C(F)(F)F)cc(C(F)(F)F)c1. The average molecular weight is 456 g/mol. The van der Waals surface area contributed by atoms with E-state index in [1.807, 2.05) is 0 Å². The lowest BCUT2D eigenvalue weighted by Gasteiger charge is -2.15. The number of aliphatic carboxylic acids is 1. The maximum atomic E-state index is 12.9. The summed E-state index contributed by atoms with van der Waals surface area (Å²) < 4.78 is 82.5. The van der Waals surface area contributed by atoms with Crippen molar-refractivity contribution in [1.29, 1.82) is 0 Å². The molecular weight excluding hydrogens is 444 g/mol. The van der Waals surface area contributed by atoms with Gasteiger partial charge in [0.05, 0.1) is 23.2 Å². The van der Waals surface area contributed by atoms with Gasteiger partial charge in [-0.25, -0.2) is 4.79 Å². The standard InChI is InChI=1S/C18H12ClF6NO4/c19-12-1-2-13(14(7-12)30-8-16(28)29)26-15(27)5-9-3-10(17(20,21)22)6-11(4-9)18(23,24)25/h1-4,6-7H,5,8H2,(H,26,27)(H,28,29). The quantitative estimate of drug-likeness (QED) is 0.600. The van der Waals surface area contributed by atoms with Crippen LogP contribution in [0.25, 0.3) is 0 Å². The highest BCUT2D eigenvalue weighted by Crippen LogP contribution is 2.36. The van der Waals surface area contributed by atoms with Crippen LogP contribution in [0.5, 0.6) is 5.75 Å². The Bertz CT molecular complexity index is 926. The lowest BCUT2D eigenvalue weighted by Crippen LogP contribution is -2.18. The molecule has 0 aliphatic heterocycles. The van der Waals surface area contributed by atoms with Crippen LogP contribution in [0.4, 0.5) is 32.0 Å². The highest BCUT2D eigenvalue weighted by molar-refractivity contribution is 6.30. The van der Waals surface area contributed by atoms with Crippen LogP contribution in [0.3, 0.4) is 0 Å². The number of rotatable bonds is 6. The first kappa shape index (κ1) is 23.3. The van der Waals surface area contributed by atoms with Crippen LogP contribution in [0.2, 0.25) is 5.02 Å². The minimum absolute atomic E-state index is 0.0432. The zero-order valence-electron chi connectivity index (χ0n) is 14.7. The van der Waals surface area contributed by atoms with E-state index < -0.39 is 53.9 Å². The van der Waals surface area contributed by atoms with Crippen molar-refractivity contribution in [3.8, 4) is 5.75 Å². The van der Waals surface area contributed by atoms with E-state index >= 15 is 0 Å². The van der Waals surface area contributed by atoms with Crippen molar-refractivity contribution in [2.75, 3.05) is 11.9 Å². The molecule has 2 aromatic carbocycles. The second-order valence-corrected chi connectivity index (χ2v) is 6.40. The summed E-state index contributed by atoms with van der Waals surface area (Å²) >= 11 is 5.77. The first-order valence-electron chi connectivity index (χ1n) is 7.98. The predicted octanol–water partition coefficient (Wildman–Crippen LogP) is 5.02. The van der Waals surface area contributed by atoms with Gasteiger partial charge < -0.3 is 15.2 Å². The minimum atomic E-state index is -5.04. The van der Waals surface area contributed by atoms with Gasteiger partial charge >= 0.3 is 18.3 Å². The summed E-state index contributed by atoms with van der Waals surface area (Å²) in [5, 5.41) is 11.1. The number of carboxylic acids is 1. The van der Waals surface area contributed by atoms with Gasteiger partial charge in [0.15, 0.2) is 6.61 Å².